The number of carbonyl (C=O) groups excluding carboxylic acids is 2. The molecule has 0 spiro atoms. The number of carbonyl (C=O) groups is 2. The number of nitrogens with one attached hydrogen (secondary N) is 1. The summed E-state index contributed by atoms with van der Waals surface area (Å²) in [4.78, 5) is 23.3. The van der Waals surface area contributed by atoms with E-state index in [1.807, 2.05) is 19.1 Å². The summed E-state index contributed by atoms with van der Waals surface area (Å²) >= 11 is 0. The van der Waals surface area contributed by atoms with Gasteiger partial charge in [0, 0.05) is 12.1 Å². The zero-order valence-corrected chi connectivity index (χ0v) is 12.8. The molecule has 2 aromatic carbocycles. The first-order chi connectivity index (χ1) is 11.0. The van der Waals surface area contributed by atoms with E-state index in [0.717, 1.165) is 11.1 Å². The molecule has 0 aliphatic carbocycles. The zero-order chi connectivity index (χ0) is 16.7. The van der Waals surface area contributed by atoms with Crippen molar-refractivity contribution in [3.63, 3.8) is 0 Å². The van der Waals surface area contributed by atoms with E-state index in [9.17, 15) is 14.0 Å². The van der Waals surface area contributed by atoms with Gasteiger partial charge >= 0.3 is 5.97 Å². The maximum atomic E-state index is 12.8. The Morgan fingerprint density at radius 2 is 1.70 bits per heavy atom. The first-order valence-electron chi connectivity index (χ1n) is 7.29. The lowest BCUT2D eigenvalue weighted by Gasteiger charge is -2.07. The van der Waals surface area contributed by atoms with Crippen LogP contribution >= 0.6 is 0 Å². The van der Waals surface area contributed by atoms with E-state index in [1.54, 1.807) is 24.3 Å². The van der Waals surface area contributed by atoms with Crippen molar-refractivity contribution in [1.82, 2.24) is 0 Å². The van der Waals surface area contributed by atoms with Crippen molar-refractivity contribution in [2.45, 2.75) is 19.8 Å². The van der Waals surface area contributed by atoms with Crippen LogP contribution in [0.4, 0.5) is 10.1 Å². The van der Waals surface area contributed by atoms with Crippen molar-refractivity contribution < 1.29 is 18.7 Å². The lowest BCUT2D eigenvalue weighted by Crippen LogP contribution is -2.21. The standard InChI is InChI=1S/C18H18FNO3/c1-13-2-9-16(10-3-13)20-17(21)12-23-18(22)11-6-14-4-7-15(19)8-5-14/h2-5,7-10H,6,11-12H2,1H3,(H,20,21). The molecule has 0 unspecified atom stereocenters. The molecule has 23 heavy (non-hydrogen) atoms. The van der Waals surface area contributed by atoms with E-state index in [-0.39, 0.29) is 24.8 Å². The molecule has 4 nitrogen and oxygen atoms in total. The van der Waals surface area contributed by atoms with Crippen molar-refractivity contribution in [2.75, 3.05) is 11.9 Å². The summed E-state index contributed by atoms with van der Waals surface area (Å²) in [5.41, 5.74) is 2.59. The molecule has 1 amide bonds. The second kappa shape index (κ2) is 8.08. The predicted molar refractivity (Wildman–Crippen MR) is 85.5 cm³/mol. The fourth-order valence-corrected chi connectivity index (χ4v) is 1.95. The maximum absolute atomic E-state index is 12.8. The Labute approximate surface area is 134 Å². The van der Waals surface area contributed by atoms with Gasteiger partial charge in [-0.25, -0.2) is 4.39 Å². The smallest absolute Gasteiger partial charge is 0.306 e. The average molecular weight is 315 g/mol. The number of hydrogen-bond acceptors (Lipinski definition) is 3. The summed E-state index contributed by atoms with van der Waals surface area (Å²) in [6.07, 6.45) is 0.585. The second-order valence-electron chi connectivity index (χ2n) is 5.20. The third kappa shape index (κ3) is 5.90. The van der Waals surface area contributed by atoms with Crippen LogP contribution in [-0.2, 0) is 20.7 Å². The Morgan fingerprint density at radius 1 is 1.04 bits per heavy atom. The highest BCUT2D eigenvalue weighted by Crippen LogP contribution is 2.09. The number of halogens is 1. The van der Waals surface area contributed by atoms with Crippen molar-refractivity contribution in [1.29, 1.82) is 0 Å². The van der Waals surface area contributed by atoms with E-state index >= 15 is 0 Å². The van der Waals surface area contributed by atoms with Gasteiger partial charge in [0.05, 0.1) is 0 Å². The van der Waals surface area contributed by atoms with Gasteiger partial charge < -0.3 is 10.1 Å². The molecular formula is C18H18FNO3. The van der Waals surface area contributed by atoms with Crippen molar-refractivity contribution in [3.8, 4) is 0 Å². The molecule has 0 heterocycles. The van der Waals surface area contributed by atoms with Crippen molar-refractivity contribution in [2.24, 2.45) is 0 Å². The molecule has 2 aromatic rings. The molecular weight excluding hydrogens is 297 g/mol. The maximum Gasteiger partial charge on any atom is 0.306 e. The Balaban J connectivity index is 1.70. The number of hydrogen-bond donors (Lipinski definition) is 1. The molecule has 0 saturated heterocycles. The second-order valence-corrected chi connectivity index (χ2v) is 5.20. The monoisotopic (exact) mass is 315 g/mol. The summed E-state index contributed by atoms with van der Waals surface area (Å²) in [7, 11) is 0. The van der Waals surface area contributed by atoms with Crippen molar-refractivity contribution in [3.05, 3.63) is 65.5 Å². The first kappa shape index (κ1) is 16.7. The molecule has 5 heteroatoms. The first-order valence-corrected chi connectivity index (χ1v) is 7.29. The lowest BCUT2D eigenvalue weighted by molar-refractivity contribution is -0.147. The largest absolute Gasteiger partial charge is 0.456 e. The SMILES string of the molecule is Cc1ccc(NC(=O)COC(=O)CCc2ccc(F)cc2)cc1. The van der Waals surface area contributed by atoms with Gasteiger partial charge in [0.25, 0.3) is 5.91 Å². The Morgan fingerprint density at radius 3 is 2.35 bits per heavy atom. The number of rotatable bonds is 6. The highest BCUT2D eigenvalue weighted by atomic mass is 19.1. The number of anilines is 1. The lowest BCUT2D eigenvalue weighted by atomic mass is 10.1. The fraction of sp³-hybridized carbons (Fsp3) is 0.222. The number of amides is 1. The fourth-order valence-electron chi connectivity index (χ4n) is 1.95. The van der Waals surface area contributed by atoms with Crippen LogP contribution in [0.2, 0.25) is 0 Å². The van der Waals surface area contributed by atoms with Crippen LogP contribution in [0.5, 0.6) is 0 Å². The van der Waals surface area contributed by atoms with Gasteiger partial charge in [-0.15, -0.1) is 0 Å². The van der Waals surface area contributed by atoms with E-state index in [2.05, 4.69) is 5.32 Å². The molecule has 0 saturated carbocycles. The highest BCUT2D eigenvalue weighted by molar-refractivity contribution is 5.92. The topological polar surface area (TPSA) is 55.4 Å². The van der Waals surface area contributed by atoms with Crippen molar-refractivity contribution >= 4 is 17.6 Å². The van der Waals surface area contributed by atoms with Gasteiger partial charge in [-0.05, 0) is 43.2 Å². The molecule has 120 valence electrons. The average Bonchev–Trinajstić information content (AvgIpc) is 2.54. The van der Waals surface area contributed by atoms with Gasteiger partial charge in [-0.3, -0.25) is 9.59 Å². The Bertz CT molecular complexity index is 666. The molecule has 0 aliphatic heterocycles. The Kier molecular flexibility index (Phi) is 5.86. The summed E-state index contributed by atoms with van der Waals surface area (Å²) in [5.74, 6) is -1.17. The summed E-state index contributed by atoms with van der Waals surface area (Å²) < 4.78 is 17.7. The number of benzene rings is 2. The molecule has 0 aromatic heterocycles. The van der Waals surface area contributed by atoms with E-state index in [4.69, 9.17) is 4.74 Å². The summed E-state index contributed by atoms with van der Waals surface area (Å²) in [6.45, 7) is 1.63. The molecule has 1 N–H and O–H groups in total. The number of aryl methyl sites for hydroxylation is 2. The minimum Gasteiger partial charge on any atom is -0.456 e. The van der Waals surface area contributed by atoms with Gasteiger partial charge in [0.15, 0.2) is 6.61 Å². The van der Waals surface area contributed by atoms with Crippen LogP contribution in [0, 0.1) is 12.7 Å². The summed E-state index contributed by atoms with van der Waals surface area (Å²) in [6, 6.07) is 13.2. The molecule has 0 atom stereocenters. The van der Waals surface area contributed by atoms with Crippen LogP contribution < -0.4 is 5.32 Å². The van der Waals surface area contributed by atoms with Gasteiger partial charge in [0.1, 0.15) is 5.82 Å². The number of ether oxygens (including phenoxy) is 1. The molecule has 0 fully saturated rings. The predicted octanol–water partition coefficient (Wildman–Crippen LogP) is 3.25. The minimum atomic E-state index is -0.464. The normalized spacial score (nSPS) is 10.2. The van der Waals surface area contributed by atoms with Crippen LogP contribution in [0.3, 0.4) is 0 Å². The van der Waals surface area contributed by atoms with Gasteiger partial charge in [-0.1, -0.05) is 29.8 Å². The summed E-state index contributed by atoms with van der Waals surface area (Å²) in [5, 5.41) is 2.65. The highest BCUT2D eigenvalue weighted by Gasteiger charge is 2.08. The van der Waals surface area contributed by atoms with Gasteiger partial charge in [-0.2, -0.15) is 0 Å². The van der Waals surface area contributed by atoms with E-state index in [0.29, 0.717) is 12.1 Å². The van der Waals surface area contributed by atoms with Gasteiger partial charge in [0.2, 0.25) is 0 Å². The van der Waals surface area contributed by atoms with Crippen LogP contribution in [-0.4, -0.2) is 18.5 Å². The molecule has 0 aliphatic rings. The molecule has 0 radical (unpaired) electrons. The Hall–Kier alpha value is -2.69. The van der Waals surface area contributed by atoms with E-state index < -0.39 is 5.97 Å². The quantitative estimate of drug-likeness (QED) is 0.833. The third-order valence-corrected chi connectivity index (χ3v) is 3.23. The van der Waals surface area contributed by atoms with Crippen LogP contribution in [0.25, 0.3) is 0 Å². The van der Waals surface area contributed by atoms with Crippen LogP contribution in [0.15, 0.2) is 48.5 Å². The zero-order valence-electron chi connectivity index (χ0n) is 12.8. The van der Waals surface area contributed by atoms with Crippen LogP contribution in [0.1, 0.15) is 17.5 Å². The third-order valence-electron chi connectivity index (χ3n) is 3.23. The van der Waals surface area contributed by atoms with E-state index in [1.165, 1.54) is 12.1 Å². The molecule has 0 bridgehead atoms. The minimum absolute atomic E-state index is 0.142. The number of esters is 1. The molecule has 2 rings (SSSR count).